The number of hydrogen-bond acceptors (Lipinski definition) is 4. The highest BCUT2D eigenvalue weighted by Crippen LogP contribution is 2.27. The topological polar surface area (TPSA) is 59.8 Å². The van der Waals surface area contributed by atoms with Crippen molar-refractivity contribution in [1.82, 2.24) is 14.8 Å². The van der Waals surface area contributed by atoms with Crippen LogP contribution < -0.4 is 5.32 Å². The van der Waals surface area contributed by atoms with E-state index in [1.807, 2.05) is 54.8 Å². The molecule has 2 aromatic heterocycles. The lowest BCUT2D eigenvalue weighted by molar-refractivity contribution is -0.115. The Morgan fingerprint density at radius 3 is 2.41 bits per heavy atom. The minimum Gasteiger partial charge on any atom is -0.310 e. The number of halogens is 2. The number of nitrogens with one attached hydrogen (secondary N) is 1. The first-order chi connectivity index (χ1) is 14.0. The van der Waals surface area contributed by atoms with Crippen molar-refractivity contribution in [3.8, 4) is 16.4 Å². The first-order valence-corrected chi connectivity index (χ1v) is 10.4. The third kappa shape index (κ3) is 4.67. The number of nitrogens with zero attached hydrogens (tertiary/aromatic N) is 3. The Balaban J connectivity index is 1.54. The molecule has 0 spiro atoms. The molecular weight excluding hydrogens is 427 g/mol. The summed E-state index contributed by atoms with van der Waals surface area (Å²) < 4.78 is 1.65. The van der Waals surface area contributed by atoms with Crippen LogP contribution in [0, 0.1) is 6.92 Å². The Morgan fingerprint density at radius 2 is 1.72 bits per heavy atom. The van der Waals surface area contributed by atoms with Crippen LogP contribution in [0.1, 0.15) is 11.3 Å². The molecule has 0 saturated heterocycles. The number of rotatable bonds is 5. The first kappa shape index (κ1) is 19.6. The molecule has 0 radical (unpaired) electrons. The van der Waals surface area contributed by atoms with E-state index in [1.165, 1.54) is 11.3 Å². The minimum absolute atomic E-state index is 0.136. The second-order valence-electron chi connectivity index (χ2n) is 6.46. The van der Waals surface area contributed by atoms with Crippen molar-refractivity contribution in [2.24, 2.45) is 0 Å². The van der Waals surface area contributed by atoms with Crippen LogP contribution in [0.2, 0.25) is 10.0 Å². The average Bonchev–Trinajstić information content (AvgIpc) is 3.31. The Labute approximate surface area is 181 Å². The number of carbonyl (C=O) groups excluding carboxylic acids is 1. The Kier molecular flexibility index (Phi) is 5.67. The van der Waals surface area contributed by atoms with Gasteiger partial charge in [0, 0.05) is 27.1 Å². The van der Waals surface area contributed by atoms with E-state index in [0.29, 0.717) is 21.0 Å². The molecule has 29 heavy (non-hydrogen) atoms. The van der Waals surface area contributed by atoms with Crippen LogP contribution in [0.5, 0.6) is 0 Å². The summed E-state index contributed by atoms with van der Waals surface area (Å²) in [5, 5.41) is 11.4. The van der Waals surface area contributed by atoms with Crippen LogP contribution in [-0.2, 0) is 11.2 Å². The highest BCUT2D eigenvalue weighted by atomic mass is 35.5. The van der Waals surface area contributed by atoms with Crippen molar-refractivity contribution in [2.75, 3.05) is 5.32 Å². The van der Waals surface area contributed by atoms with Gasteiger partial charge in [-0.3, -0.25) is 4.79 Å². The second kappa shape index (κ2) is 8.37. The molecule has 2 heterocycles. The zero-order chi connectivity index (χ0) is 20.4. The largest absolute Gasteiger partial charge is 0.310 e. The van der Waals surface area contributed by atoms with Gasteiger partial charge in [-0.15, -0.1) is 11.3 Å². The van der Waals surface area contributed by atoms with Crippen LogP contribution in [-0.4, -0.2) is 20.7 Å². The van der Waals surface area contributed by atoms with Crippen LogP contribution in [0.25, 0.3) is 16.4 Å². The highest BCUT2D eigenvalue weighted by Gasteiger charge is 2.15. The number of thiazole rings is 1. The van der Waals surface area contributed by atoms with E-state index < -0.39 is 0 Å². The highest BCUT2D eigenvalue weighted by molar-refractivity contribution is 7.12. The zero-order valence-corrected chi connectivity index (χ0v) is 17.7. The lowest BCUT2D eigenvalue weighted by Crippen LogP contribution is -2.17. The molecule has 0 aliphatic rings. The van der Waals surface area contributed by atoms with E-state index >= 15 is 0 Å². The summed E-state index contributed by atoms with van der Waals surface area (Å²) in [6, 6.07) is 16.5. The smallest absolute Gasteiger partial charge is 0.229 e. The van der Waals surface area contributed by atoms with Crippen LogP contribution in [0.15, 0.2) is 60.0 Å². The predicted octanol–water partition coefficient (Wildman–Crippen LogP) is 5.79. The second-order valence-corrected chi connectivity index (χ2v) is 8.17. The van der Waals surface area contributed by atoms with Gasteiger partial charge < -0.3 is 5.32 Å². The number of benzene rings is 2. The van der Waals surface area contributed by atoms with Gasteiger partial charge in [0.05, 0.1) is 17.8 Å². The number of carbonyl (C=O) groups is 1. The van der Waals surface area contributed by atoms with E-state index in [4.69, 9.17) is 23.2 Å². The standard InChI is InChI=1S/C21H16Cl2N4OS/c1-13-10-19(25-20(28)11-14-2-6-16(22)7-3-14)27(26-13)21-24-18(12-29-21)15-4-8-17(23)9-5-15/h2-10,12H,11H2,1H3,(H,25,28). The van der Waals surface area contributed by atoms with E-state index in [9.17, 15) is 4.79 Å². The maximum absolute atomic E-state index is 12.5. The fourth-order valence-electron chi connectivity index (χ4n) is 2.82. The van der Waals surface area contributed by atoms with Gasteiger partial charge in [-0.1, -0.05) is 47.5 Å². The van der Waals surface area contributed by atoms with Crippen LogP contribution >= 0.6 is 34.5 Å². The van der Waals surface area contributed by atoms with E-state index in [2.05, 4.69) is 15.4 Å². The summed E-state index contributed by atoms with van der Waals surface area (Å²) >= 11 is 13.3. The fourth-order valence-corrected chi connectivity index (χ4v) is 3.87. The van der Waals surface area contributed by atoms with Crippen molar-refractivity contribution in [1.29, 1.82) is 0 Å². The maximum Gasteiger partial charge on any atom is 0.229 e. The SMILES string of the molecule is Cc1cc(NC(=O)Cc2ccc(Cl)cc2)n(-c2nc(-c3ccc(Cl)cc3)cs2)n1. The molecule has 0 unspecified atom stereocenters. The van der Waals surface area contributed by atoms with Crippen LogP contribution in [0.3, 0.4) is 0 Å². The first-order valence-electron chi connectivity index (χ1n) is 8.81. The monoisotopic (exact) mass is 442 g/mol. The molecule has 0 fully saturated rings. The molecule has 8 heteroatoms. The molecule has 0 atom stereocenters. The fraction of sp³-hybridized carbons (Fsp3) is 0.0952. The summed E-state index contributed by atoms with van der Waals surface area (Å²) in [4.78, 5) is 17.2. The number of hydrogen-bond donors (Lipinski definition) is 1. The van der Waals surface area contributed by atoms with E-state index in [-0.39, 0.29) is 12.3 Å². The summed E-state index contributed by atoms with van der Waals surface area (Å²) in [5.41, 5.74) is 3.46. The number of aryl methyl sites for hydroxylation is 1. The molecule has 1 amide bonds. The molecule has 2 aromatic carbocycles. The summed E-state index contributed by atoms with van der Waals surface area (Å²) in [6.45, 7) is 1.87. The number of aromatic nitrogens is 3. The molecule has 0 saturated carbocycles. The Morgan fingerprint density at radius 1 is 1.07 bits per heavy atom. The quantitative estimate of drug-likeness (QED) is 0.425. The van der Waals surface area contributed by atoms with Crippen molar-refractivity contribution in [3.05, 3.63) is 81.3 Å². The third-order valence-electron chi connectivity index (χ3n) is 4.19. The van der Waals surface area contributed by atoms with Gasteiger partial charge >= 0.3 is 0 Å². The van der Waals surface area contributed by atoms with Crippen molar-refractivity contribution in [3.63, 3.8) is 0 Å². The minimum atomic E-state index is -0.136. The normalized spacial score (nSPS) is 10.9. The van der Waals surface area contributed by atoms with Gasteiger partial charge in [0.15, 0.2) is 0 Å². The molecule has 1 N–H and O–H groups in total. The predicted molar refractivity (Wildman–Crippen MR) is 118 cm³/mol. The van der Waals surface area contributed by atoms with Gasteiger partial charge in [-0.05, 0) is 36.8 Å². The zero-order valence-electron chi connectivity index (χ0n) is 15.4. The molecule has 0 bridgehead atoms. The molecule has 0 aliphatic carbocycles. The van der Waals surface area contributed by atoms with Crippen molar-refractivity contribution >= 4 is 46.3 Å². The number of amides is 1. The van der Waals surface area contributed by atoms with Gasteiger partial charge in [0.2, 0.25) is 11.0 Å². The Hall–Kier alpha value is -2.67. The maximum atomic E-state index is 12.5. The molecular formula is C21H16Cl2N4OS. The average molecular weight is 443 g/mol. The molecule has 4 rings (SSSR count). The van der Waals surface area contributed by atoms with Gasteiger partial charge in [-0.2, -0.15) is 9.78 Å². The van der Waals surface area contributed by atoms with Crippen molar-refractivity contribution < 1.29 is 4.79 Å². The molecule has 146 valence electrons. The lowest BCUT2D eigenvalue weighted by atomic mass is 10.1. The number of anilines is 1. The lowest BCUT2D eigenvalue weighted by Gasteiger charge is -2.07. The summed E-state index contributed by atoms with van der Waals surface area (Å²) in [5.74, 6) is 0.446. The summed E-state index contributed by atoms with van der Waals surface area (Å²) in [7, 11) is 0. The van der Waals surface area contributed by atoms with E-state index in [0.717, 1.165) is 22.5 Å². The third-order valence-corrected chi connectivity index (χ3v) is 5.51. The van der Waals surface area contributed by atoms with Crippen molar-refractivity contribution in [2.45, 2.75) is 13.3 Å². The summed E-state index contributed by atoms with van der Waals surface area (Å²) in [6.07, 6.45) is 0.245. The van der Waals surface area contributed by atoms with E-state index in [1.54, 1.807) is 16.8 Å². The van der Waals surface area contributed by atoms with Gasteiger partial charge in [-0.25, -0.2) is 4.98 Å². The van der Waals surface area contributed by atoms with Crippen LogP contribution in [0.4, 0.5) is 5.82 Å². The Bertz CT molecular complexity index is 1150. The molecule has 4 aromatic rings. The van der Waals surface area contributed by atoms with Gasteiger partial charge in [0.25, 0.3) is 0 Å². The van der Waals surface area contributed by atoms with Gasteiger partial charge in [0.1, 0.15) is 5.82 Å². The molecule has 0 aliphatic heterocycles. The molecule has 5 nitrogen and oxygen atoms in total.